The van der Waals surface area contributed by atoms with E-state index in [0.717, 1.165) is 0 Å². The number of likely N-dealkylation sites (tertiary alicyclic amines) is 1. The normalized spacial score (nSPS) is 20.2. The van der Waals surface area contributed by atoms with Crippen molar-refractivity contribution in [3.05, 3.63) is 5.82 Å². The summed E-state index contributed by atoms with van der Waals surface area (Å²) < 4.78 is 0. The Hall–Kier alpha value is -1.79. The van der Waals surface area contributed by atoms with E-state index in [1.165, 1.54) is 4.90 Å². The number of tetrazole rings is 1. The first kappa shape index (κ1) is 10.7. The van der Waals surface area contributed by atoms with Gasteiger partial charge in [0, 0.05) is 12.8 Å². The van der Waals surface area contributed by atoms with E-state index in [-0.39, 0.29) is 23.8 Å². The number of imide groups is 1. The Bertz CT molecular complexity index is 392. The molecule has 1 aliphatic rings. The Morgan fingerprint density at radius 1 is 1.31 bits per heavy atom. The third-order valence-electron chi connectivity index (χ3n) is 2.55. The molecule has 0 unspecified atom stereocenters. The van der Waals surface area contributed by atoms with Crippen molar-refractivity contribution < 1.29 is 9.59 Å². The van der Waals surface area contributed by atoms with E-state index in [4.69, 9.17) is 0 Å². The van der Waals surface area contributed by atoms with E-state index in [1.54, 1.807) is 0 Å². The van der Waals surface area contributed by atoms with Gasteiger partial charge in [-0.25, -0.2) is 0 Å². The second-order valence-electron chi connectivity index (χ2n) is 4.72. The molecular weight excluding hydrogens is 210 g/mol. The second-order valence-corrected chi connectivity index (χ2v) is 4.72. The lowest BCUT2D eigenvalue weighted by molar-refractivity contribution is -0.153. The molecule has 16 heavy (non-hydrogen) atoms. The predicted molar refractivity (Wildman–Crippen MR) is 52.7 cm³/mol. The predicted octanol–water partition coefficient (Wildman–Crippen LogP) is -0.125. The van der Waals surface area contributed by atoms with Gasteiger partial charge in [0.05, 0.1) is 6.54 Å². The number of amides is 2. The van der Waals surface area contributed by atoms with Crippen molar-refractivity contribution in [2.45, 2.75) is 33.2 Å². The number of H-pyrrole nitrogens is 1. The van der Waals surface area contributed by atoms with Crippen LogP contribution in [-0.2, 0) is 16.1 Å². The first-order valence-corrected chi connectivity index (χ1v) is 5.03. The molecule has 0 spiro atoms. The van der Waals surface area contributed by atoms with Gasteiger partial charge in [-0.3, -0.25) is 14.5 Å². The molecule has 2 heterocycles. The first-order chi connectivity index (χ1) is 7.48. The highest BCUT2D eigenvalue weighted by atomic mass is 16.2. The molecule has 1 aliphatic heterocycles. The van der Waals surface area contributed by atoms with Crippen LogP contribution in [0.15, 0.2) is 0 Å². The largest absolute Gasteiger partial charge is 0.275 e. The van der Waals surface area contributed by atoms with Crippen LogP contribution in [0.25, 0.3) is 0 Å². The quantitative estimate of drug-likeness (QED) is 0.705. The van der Waals surface area contributed by atoms with Crippen molar-refractivity contribution in [2.75, 3.05) is 0 Å². The fraction of sp³-hybridized carbons (Fsp3) is 0.667. The van der Waals surface area contributed by atoms with Gasteiger partial charge in [-0.05, 0) is 5.41 Å². The molecule has 1 aromatic heterocycles. The highest BCUT2D eigenvalue weighted by Gasteiger charge is 2.37. The molecule has 2 amide bonds. The van der Waals surface area contributed by atoms with Crippen LogP contribution in [0.1, 0.15) is 32.5 Å². The number of hydrogen-bond acceptors (Lipinski definition) is 5. The number of carbonyl (C=O) groups is 2. The minimum atomic E-state index is -0.248. The average molecular weight is 223 g/mol. The van der Waals surface area contributed by atoms with Gasteiger partial charge in [0.25, 0.3) is 0 Å². The molecular formula is C9H13N5O2. The number of hydrogen-bond donors (Lipinski definition) is 1. The Labute approximate surface area is 92.2 Å². The van der Waals surface area contributed by atoms with E-state index >= 15 is 0 Å². The smallest absolute Gasteiger partial charge is 0.230 e. The number of nitrogens with one attached hydrogen (secondary N) is 1. The van der Waals surface area contributed by atoms with Gasteiger partial charge in [0.1, 0.15) is 0 Å². The molecule has 0 bridgehead atoms. The van der Waals surface area contributed by atoms with Crippen LogP contribution < -0.4 is 0 Å². The number of piperidine rings is 1. The topological polar surface area (TPSA) is 91.8 Å². The number of nitrogens with zero attached hydrogens (tertiary/aromatic N) is 4. The molecule has 1 saturated heterocycles. The number of aromatic nitrogens is 4. The maximum atomic E-state index is 11.8. The molecule has 0 aliphatic carbocycles. The minimum absolute atomic E-state index is 0.101. The van der Waals surface area contributed by atoms with E-state index in [9.17, 15) is 9.59 Å². The van der Waals surface area contributed by atoms with Crippen LogP contribution in [0.3, 0.4) is 0 Å². The number of carbonyl (C=O) groups excluding carboxylic acids is 2. The Balaban J connectivity index is 2.11. The molecule has 1 N–H and O–H groups in total. The summed E-state index contributed by atoms with van der Waals surface area (Å²) in [5, 5.41) is 13.1. The summed E-state index contributed by atoms with van der Waals surface area (Å²) in [5.74, 6) is -0.00138. The molecule has 1 fully saturated rings. The molecule has 0 radical (unpaired) electrons. The first-order valence-electron chi connectivity index (χ1n) is 5.03. The van der Waals surface area contributed by atoms with Crippen molar-refractivity contribution in [1.82, 2.24) is 25.5 Å². The zero-order valence-electron chi connectivity index (χ0n) is 9.23. The van der Waals surface area contributed by atoms with Gasteiger partial charge in [-0.1, -0.05) is 19.1 Å². The summed E-state index contributed by atoms with van der Waals surface area (Å²) in [7, 11) is 0. The highest BCUT2D eigenvalue weighted by molar-refractivity contribution is 5.98. The zero-order chi connectivity index (χ0) is 11.8. The van der Waals surface area contributed by atoms with Crippen molar-refractivity contribution in [3.8, 4) is 0 Å². The fourth-order valence-corrected chi connectivity index (χ4v) is 1.78. The average Bonchev–Trinajstić information content (AvgIpc) is 2.62. The summed E-state index contributed by atoms with van der Waals surface area (Å²) in [6.07, 6.45) is 0.743. The number of rotatable bonds is 2. The van der Waals surface area contributed by atoms with E-state index < -0.39 is 0 Å². The van der Waals surface area contributed by atoms with Crippen molar-refractivity contribution in [2.24, 2.45) is 5.41 Å². The van der Waals surface area contributed by atoms with E-state index in [1.807, 2.05) is 13.8 Å². The van der Waals surface area contributed by atoms with E-state index in [2.05, 4.69) is 20.6 Å². The molecule has 86 valence electrons. The standard InChI is InChI=1S/C9H13N5O2/c1-9(2)3-7(15)14(8(16)4-9)5-6-10-12-13-11-6/h3-5H2,1-2H3,(H,10,11,12,13). The van der Waals surface area contributed by atoms with Crippen LogP contribution in [0.2, 0.25) is 0 Å². The maximum Gasteiger partial charge on any atom is 0.230 e. The highest BCUT2D eigenvalue weighted by Crippen LogP contribution is 2.31. The van der Waals surface area contributed by atoms with E-state index in [0.29, 0.717) is 18.7 Å². The lowest BCUT2D eigenvalue weighted by Gasteiger charge is -2.34. The summed E-state index contributed by atoms with van der Waals surface area (Å²) in [4.78, 5) is 24.7. The van der Waals surface area contributed by atoms with Crippen LogP contribution in [0.4, 0.5) is 0 Å². The molecule has 7 heteroatoms. The molecule has 7 nitrogen and oxygen atoms in total. The van der Waals surface area contributed by atoms with Crippen LogP contribution in [0, 0.1) is 5.41 Å². The summed E-state index contributed by atoms with van der Waals surface area (Å²) in [6.45, 7) is 3.92. The summed E-state index contributed by atoms with van der Waals surface area (Å²) in [6, 6.07) is 0. The monoisotopic (exact) mass is 223 g/mol. The minimum Gasteiger partial charge on any atom is -0.275 e. The Morgan fingerprint density at radius 3 is 2.44 bits per heavy atom. The second kappa shape index (κ2) is 3.66. The Kier molecular flexibility index (Phi) is 2.45. The molecule has 0 aromatic carbocycles. The van der Waals surface area contributed by atoms with Gasteiger partial charge in [-0.2, -0.15) is 5.21 Å². The lowest BCUT2D eigenvalue weighted by Crippen LogP contribution is -2.45. The number of aromatic amines is 1. The van der Waals surface area contributed by atoms with Crippen molar-refractivity contribution >= 4 is 11.8 Å². The summed E-state index contributed by atoms with van der Waals surface area (Å²) >= 11 is 0. The molecule has 1 aromatic rings. The zero-order valence-corrected chi connectivity index (χ0v) is 9.23. The van der Waals surface area contributed by atoms with Gasteiger partial charge >= 0.3 is 0 Å². The Morgan fingerprint density at radius 2 is 1.94 bits per heavy atom. The van der Waals surface area contributed by atoms with Gasteiger partial charge in [-0.15, -0.1) is 10.2 Å². The van der Waals surface area contributed by atoms with Crippen LogP contribution in [-0.4, -0.2) is 37.3 Å². The summed E-state index contributed by atoms with van der Waals surface area (Å²) in [5.41, 5.74) is -0.248. The molecule has 2 rings (SSSR count). The lowest BCUT2D eigenvalue weighted by atomic mass is 9.82. The molecule has 0 atom stereocenters. The maximum absolute atomic E-state index is 11.8. The third-order valence-corrected chi connectivity index (χ3v) is 2.55. The van der Waals surface area contributed by atoms with Gasteiger partial charge < -0.3 is 0 Å². The molecule has 0 saturated carbocycles. The van der Waals surface area contributed by atoms with Gasteiger partial charge in [0.15, 0.2) is 5.82 Å². The SMILES string of the molecule is CC1(C)CC(=O)N(Cc2nn[nH]n2)C(=O)C1. The van der Waals surface area contributed by atoms with Gasteiger partial charge in [0.2, 0.25) is 11.8 Å². The third kappa shape index (κ3) is 2.07. The van der Waals surface area contributed by atoms with Crippen molar-refractivity contribution in [1.29, 1.82) is 0 Å². The van der Waals surface area contributed by atoms with Crippen molar-refractivity contribution in [3.63, 3.8) is 0 Å². The van der Waals surface area contributed by atoms with Crippen LogP contribution in [0.5, 0.6) is 0 Å². The fourth-order valence-electron chi connectivity index (χ4n) is 1.78. The van der Waals surface area contributed by atoms with Crippen LogP contribution >= 0.6 is 0 Å².